The molecule has 0 unspecified atom stereocenters. The first kappa shape index (κ1) is 14.0. The van der Waals surface area contributed by atoms with Crippen LogP contribution in [0.4, 0.5) is 0 Å². The molecule has 0 spiro atoms. The number of rotatable bonds is 8. The van der Waals surface area contributed by atoms with Gasteiger partial charge in [-0.1, -0.05) is 13.8 Å². The molecule has 0 aromatic carbocycles. The fraction of sp³-hybridized carbons (Fsp3) is 1.00. The summed E-state index contributed by atoms with van der Waals surface area (Å²) >= 11 is 0. The normalized spacial score (nSPS) is 19.0. The van der Waals surface area contributed by atoms with Crippen molar-refractivity contribution in [1.82, 2.24) is 5.32 Å². The van der Waals surface area contributed by atoms with E-state index in [-0.39, 0.29) is 0 Å². The van der Waals surface area contributed by atoms with E-state index in [1.54, 1.807) is 0 Å². The molecule has 1 fully saturated rings. The Hall–Kier alpha value is -0.0900. The first-order valence-corrected chi connectivity index (χ1v) is 8.28. The molecule has 0 saturated heterocycles. The number of hydrogen-bond acceptors (Lipinski definition) is 3. The summed E-state index contributed by atoms with van der Waals surface area (Å²) < 4.78 is 22.1. The summed E-state index contributed by atoms with van der Waals surface area (Å²) in [7, 11) is -2.77. The number of hydrogen-bond donors (Lipinski definition) is 1. The smallest absolute Gasteiger partial charge is 0.147 e. The Morgan fingerprint density at radius 1 is 1.31 bits per heavy atom. The molecule has 96 valence electrons. The van der Waals surface area contributed by atoms with Gasteiger partial charge in [-0.15, -0.1) is 0 Å². The highest BCUT2D eigenvalue weighted by molar-refractivity contribution is 7.90. The van der Waals surface area contributed by atoms with E-state index in [4.69, 9.17) is 0 Å². The predicted octanol–water partition coefficient (Wildman–Crippen LogP) is 1.84. The Labute approximate surface area is 99.9 Å². The SMILES string of the molecule is CC(C)CNCC1(CCCS(C)(=O)=O)CC1. The lowest BCUT2D eigenvalue weighted by atomic mass is 10.0. The highest BCUT2D eigenvalue weighted by Crippen LogP contribution is 2.49. The third-order valence-corrected chi connectivity index (χ3v) is 4.26. The molecule has 0 aromatic heterocycles. The third kappa shape index (κ3) is 5.85. The van der Waals surface area contributed by atoms with E-state index in [0.29, 0.717) is 17.1 Å². The summed E-state index contributed by atoms with van der Waals surface area (Å²) in [4.78, 5) is 0. The second kappa shape index (κ2) is 5.50. The first-order chi connectivity index (χ1) is 7.33. The van der Waals surface area contributed by atoms with Crippen LogP contribution in [0.5, 0.6) is 0 Å². The molecule has 1 rings (SSSR count). The molecule has 0 atom stereocenters. The van der Waals surface area contributed by atoms with Gasteiger partial charge in [0.1, 0.15) is 9.84 Å². The van der Waals surface area contributed by atoms with Crippen LogP contribution in [0, 0.1) is 11.3 Å². The fourth-order valence-corrected chi connectivity index (χ4v) is 2.70. The van der Waals surface area contributed by atoms with Gasteiger partial charge in [-0.3, -0.25) is 0 Å². The zero-order valence-corrected chi connectivity index (χ0v) is 11.6. The Kier molecular flexibility index (Phi) is 4.80. The van der Waals surface area contributed by atoms with E-state index < -0.39 is 9.84 Å². The minimum Gasteiger partial charge on any atom is -0.316 e. The Bertz CT molecular complexity index is 305. The Balaban J connectivity index is 2.15. The van der Waals surface area contributed by atoms with Gasteiger partial charge >= 0.3 is 0 Å². The van der Waals surface area contributed by atoms with Gasteiger partial charge in [0.15, 0.2) is 0 Å². The monoisotopic (exact) mass is 247 g/mol. The first-order valence-electron chi connectivity index (χ1n) is 6.21. The highest BCUT2D eigenvalue weighted by Gasteiger charge is 2.41. The maximum Gasteiger partial charge on any atom is 0.147 e. The van der Waals surface area contributed by atoms with Crippen molar-refractivity contribution in [2.24, 2.45) is 11.3 Å². The average molecular weight is 247 g/mol. The van der Waals surface area contributed by atoms with Crippen molar-refractivity contribution in [3.8, 4) is 0 Å². The van der Waals surface area contributed by atoms with Crippen LogP contribution < -0.4 is 5.32 Å². The summed E-state index contributed by atoms with van der Waals surface area (Å²) in [5, 5.41) is 3.49. The molecule has 0 aromatic rings. The van der Waals surface area contributed by atoms with Gasteiger partial charge in [-0.2, -0.15) is 0 Å². The van der Waals surface area contributed by atoms with E-state index in [1.807, 2.05) is 0 Å². The molecule has 1 N–H and O–H groups in total. The van der Waals surface area contributed by atoms with Crippen LogP contribution in [0.1, 0.15) is 39.5 Å². The lowest BCUT2D eigenvalue weighted by molar-refractivity contribution is 0.405. The van der Waals surface area contributed by atoms with Gasteiger partial charge in [-0.05, 0) is 43.6 Å². The maximum atomic E-state index is 11.0. The topological polar surface area (TPSA) is 46.2 Å². The van der Waals surface area contributed by atoms with Crippen LogP contribution in [-0.4, -0.2) is 33.5 Å². The summed E-state index contributed by atoms with van der Waals surface area (Å²) in [6.07, 6.45) is 5.74. The van der Waals surface area contributed by atoms with Gasteiger partial charge in [0.05, 0.1) is 0 Å². The Morgan fingerprint density at radius 2 is 1.94 bits per heavy atom. The predicted molar refractivity (Wildman–Crippen MR) is 68.3 cm³/mol. The molecule has 16 heavy (non-hydrogen) atoms. The molecule has 0 radical (unpaired) electrons. The molecular formula is C12H25NO2S. The summed E-state index contributed by atoms with van der Waals surface area (Å²) in [5.74, 6) is 1.03. The molecule has 1 saturated carbocycles. The maximum absolute atomic E-state index is 11.0. The second-order valence-electron chi connectivity index (χ2n) is 5.76. The molecule has 1 aliphatic rings. The lowest BCUT2D eigenvalue weighted by Crippen LogP contribution is -2.27. The molecule has 3 nitrogen and oxygen atoms in total. The standard InChI is InChI=1S/C12H25NO2S/c1-11(2)9-13-10-12(6-7-12)5-4-8-16(3,14)15/h11,13H,4-10H2,1-3H3. The van der Waals surface area contributed by atoms with Crippen LogP contribution in [0.25, 0.3) is 0 Å². The van der Waals surface area contributed by atoms with Gasteiger partial charge in [0.2, 0.25) is 0 Å². The van der Waals surface area contributed by atoms with Crippen molar-refractivity contribution >= 4 is 9.84 Å². The quantitative estimate of drug-likeness (QED) is 0.712. The van der Waals surface area contributed by atoms with Crippen LogP contribution in [0.15, 0.2) is 0 Å². The van der Waals surface area contributed by atoms with Crippen LogP contribution in [-0.2, 0) is 9.84 Å². The minimum atomic E-state index is -2.77. The third-order valence-electron chi connectivity index (χ3n) is 3.23. The molecule has 0 amide bonds. The molecule has 1 aliphatic carbocycles. The molecular weight excluding hydrogens is 222 g/mol. The fourth-order valence-electron chi connectivity index (χ4n) is 2.03. The van der Waals surface area contributed by atoms with Crippen LogP contribution in [0.2, 0.25) is 0 Å². The molecule has 0 aliphatic heterocycles. The van der Waals surface area contributed by atoms with Crippen molar-refractivity contribution < 1.29 is 8.42 Å². The molecule has 0 heterocycles. The largest absolute Gasteiger partial charge is 0.316 e. The van der Waals surface area contributed by atoms with Crippen molar-refractivity contribution in [2.75, 3.05) is 25.1 Å². The highest BCUT2D eigenvalue weighted by atomic mass is 32.2. The number of sulfone groups is 1. The summed E-state index contributed by atoms with van der Waals surface area (Å²) in [6.45, 7) is 6.54. The molecule has 4 heteroatoms. The summed E-state index contributed by atoms with van der Waals surface area (Å²) in [6, 6.07) is 0. The zero-order valence-electron chi connectivity index (χ0n) is 10.8. The van der Waals surface area contributed by atoms with Crippen molar-refractivity contribution in [3.05, 3.63) is 0 Å². The van der Waals surface area contributed by atoms with Gasteiger partial charge in [0, 0.05) is 18.6 Å². The van der Waals surface area contributed by atoms with E-state index >= 15 is 0 Å². The van der Waals surface area contributed by atoms with E-state index in [1.165, 1.54) is 19.1 Å². The van der Waals surface area contributed by atoms with E-state index in [0.717, 1.165) is 25.9 Å². The van der Waals surface area contributed by atoms with Crippen molar-refractivity contribution in [1.29, 1.82) is 0 Å². The van der Waals surface area contributed by atoms with Gasteiger partial charge in [-0.25, -0.2) is 8.42 Å². The van der Waals surface area contributed by atoms with Crippen LogP contribution in [0.3, 0.4) is 0 Å². The summed E-state index contributed by atoms with van der Waals surface area (Å²) in [5.41, 5.74) is 0.430. The van der Waals surface area contributed by atoms with Gasteiger partial charge in [0.25, 0.3) is 0 Å². The average Bonchev–Trinajstić information content (AvgIpc) is 2.82. The Morgan fingerprint density at radius 3 is 2.38 bits per heavy atom. The minimum absolute atomic E-state index is 0.346. The van der Waals surface area contributed by atoms with E-state index in [2.05, 4.69) is 19.2 Å². The van der Waals surface area contributed by atoms with Crippen molar-refractivity contribution in [2.45, 2.75) is 39.5 Å². The van der Waals surface area contributed by atoms with Gasteiger partial charge < -0.3 is 5.32 Å². The van der Waals surface area contributed by atoms with Crippen molar-refractivity contribution in [3.63, 3.8) is 0 Å². The number of nitrogens with one attached hydrogen (secondary N) is 1. The lowest BCUT2D eigenvalue weighted by Gasteiger charge is -2.16. The molecule has 0 bridgehead atoms. The second-order valence-corrected chi connectivity index (χ2v) is 8.02. The van der Waals surface area contributed by atoms with Crippen LogP contribution >= 0.6 is 0 Å². The zero-order chi connectivity index (χ0) is 12.2. The van der Waals surface area contributed by atoms with E-state index in [9.17, 15) is 8.42 Å².